The summed E-state index contributed by atoms with van der Waals surface area (Å²) in [6.45, 7) is 9.40. The summed E-state index contributed by atoms with van der Waals surface area (Å²) in [6.07, 6.45) is 4.74. The maximum atomic E-state index is 11.3. The van der Waals surface area contributed by atoms with Crippen LogP contribution in [0.3, 0.4) is 0 Å². The highest BCUT2D eigenvalue weighted by Gasteiger charge is 2.59. The van der Waals surface area contributed by atoms with E-state index in [2.05, 4.69) is 19.9 Å². The number of esters is 1. The van der Waals surface area contributed by atoms with Crippen LogP contribution in [-0.4, -0.2) is 23.0 Å². The number of rotatable bonds is 6. The van der Waals surface area contributed by atoms with Gasteiger partial charge in [-0.25, -0.2) is 0 Å². The first-order valence-electron chi connectivity index (χ1n) is 8.07. The van der Waals surface area contributed by atoms with E-state index < -0.39 is 5.60 Å². The van der Waals surface area contributed by atoms with Gasteiger partial charge in [0, 0.05) is 17.3 Å². The quantitative estimate of drug-likeness (QED) is 0.325. The highest BCUT2D eigenvalue weighted by molar-refractivity contribution is 5.66. The highest BCUT2D eigenvalue weighted by atomic mass is 16.6. The van der Waals surface area contributed by atoms with E-state index in [1.807, 2.05) is 13.8 Å². The first-order valence-corrected chi connectivity index (χ1v) is 8.07. The Hall–Kier alpha value is -1.39. The zero-order chi connectivity index (χ0) is 16.7. The number of hydrogen-bond donors (Lipinski definition) is 0. The molecular weight excluding hydrogens is 282 g/mol. The Morgan fingerprint density at radius 3 is 2.68 bits per heavy atom. The van der Waals surface area contributed by atoms with Crippen LogP contribution in [0, 0.1) is 33.3 Å². The van der Waals surface area contributed by atoms with Crippen LogP contribution >= 0.6 is 0 Å². The summed E-state index contributed by atoms with van der Waals surface area (Å²) >= 11 is 0. The van der Waals surface area contributed by atoms with Gasteiger partial charge in [-0.3, -0.25) is 14.9 Å². The molecule has 1 saturated carbocycles. The van der Waals surface area contributed by atoms with Gasteiger partial charge >= 0.3 is 5.97 Å². The van der Waals surface area contributed by atoms with Crippen molar-refractivity contribution in [1.82, 2.24) is 0 Å². The van der Waals surface area contributed by atoms with E-state index in [1.165, 1.54) is 12.5 Å². The summed E-state index contributed by atoms with van der Waals surface area (Å²) in [7, 11) is 0. The standard InChI is InChI=1S/C17H27NO4/c1-11(2)13-6-14-8-17(10-18(20)21,15(14)7-13)9-16(4,5)22-12(3)19/h7,11,14-15H,6,8-10H2,1-5H3/t14-,15-,17-/m0/s1. The molecular formula is C17H27NO4. The number of nitro groups is 1. The van der Waals surface area contributed by atoms with Crippen molar-refractivity contribution in [2.24, 2.45) is 23.2 Å². The van der Waals surface area contributed by atoms with Crippen molar-refractivity contribution in [3.05, 3.63) is 21.8 Å². The van der Waals surface area contributed by atoms with Crippen molar-refractivity contribution in [3.63, 3.8) is 0 Å². The molecule has 0 aliphatic heterocycles. The number of hydrogen-bond acceptors (Lipinski definition) is 4. The Balaban J connectivity index is 2.21. The number of ether oxygens (including phenoxy) is 1. The fourth-order valence-electron chi connectivity index (χ4n) is 4.61. The van der Waals surface area contributed by atoms with Crippen LogP contribution in [0.15, 0.2) is 11.6 Å². The molecule has 2 aliphatic rings. The minimum atomic E-state index is -0.665. The highest BCUT2D eigenvalue weighted by Crippen LogP contribution is 2.61. The summed E-state index contributed by atoms with van der Waals surface area (Å²) in [5, 5.41) is 11.2. The van der Waals surface area contributed by atoms with Crippen molar-refractivity contribution in [3.8, 4) is 0 Å². The number of carbonyl (C=O) groups is 1. The maximum absolute atomic E-state index is 11.3. The normalized spacial score (nSPS) is 30.5. The van der Waals surface area contributed by atoms with E-state index in [0.29, 0.717) is 18.3 Å². The molecule has 5 nitrogen and oxygen atoms in total. The van der Waals surface area contributed by atoms with Crippen LogP contribution in [-0.2, 0) is 9.53 Å². The summed E-state index contributed by atoms with van der Waals surface area (Å²) in [5.41, 5.74) is 0.385. The van der Waals surface area contributed by atoms with Crippen LogP contribution < -0.4 is 0 Å². The molecule has 0 amide bonds. The molecule has 1 fully saturated rings. The van der Waals surface area contributed by atoms with Crippen molar-refractivity contribution in [1.29, 1.82) is 0 Å². The van der Waals surface area contributed by atoms with Gasteiger partial charge in [0.15, 0.2) is 0 Å². The molecule has 0 unspecified atom stereocenters. The number of allylic oxidation sites excluding steroid dienone is 2. The number of fused-ring (bicyclic) bond motifs is 1. The van der Waals surface area contributed by atoms with Crippen molar-refractivity contribution in [2.45, 2.75) is 59.5 Å². The van der Waals surface area contributed by atoms with Crippen molar-refractivity contribution in [2.75, 3.05) is 6.54 Å². The molecule has 5 heteroatoms. The Bertz CT molecular complexity index is 509. The zero-order valence-electron chi connectivity index (χ0n) is 14.2. The van der Waals surface area contributed by atoms with E-state index in [1.54, 1.807) is 0 Å². The van der Waals surface area contributed by atoms with E-state index in [4.69, 9.17) is 4.74 Å². The second-order valence-corrected chi connectivity index (χ2v) is 7.97. The van der Waals surface area contributed by atoms with Gasteiger partial charge in [-0.15, -0.1) is 0 Å². The minimum absolute atomic E-state index is 0.0409. The van der Waals surface area contributed by atoms with Gasteiger partial charge in [-0.05, 0) is 50.9 Å². The topological polar surface area (TPSA) is 69.4 Å². The first-order chi connectivity index (χ1) is 10.0. The molecule has 2 aliphatic carbocycles. The summed E-state index contributed by atoms with van der Waals surface area (Å²) in [4.78, 5) is 22.3. The largest absolute Gasteiger partial charge is 0.460 e. The fourth-order valence-corrected chi connectivity index (χ4v) is 4.61. The predicted molar refractivity (Wildman–Crippen MR) is 83.9 cm³/mol. The average Bonchev–Trinajstić information content (AvgIpc) is 2.64. The maximum Gasteiger partial charge on any atom is 0.303 e. The average molecular weight is 309 g/mol. The van der Waals surface area contributed by atoms with Gasteiger partial charge in [0.25, 0.3) is 0 Å². The lowest BCUT2D eigenvalue weighted by Gasteiger charge is -2.52. The van der Waals surface area contributed by atoms with Gasteiger partial charge < -0.3 is 4.74 Å². The molecule has 2 rings (SSSR count). The molecule has 0 aromatic rings. The lowest BCUT2D eigenvalue weighted by atomic mass is 9.52. The van der Waals surface area contributed by atoms with Gasteiger partial charge in [0.05, 0.1) is 0 Å². The van der Waals surface area contributed by atoms with Crippen LogP contribution in [0.25, 0.3) is 0 Å². The SMILES string of the molecule is CC(=O)OC(C)(C)C[C@]1(C[N+](=O)[O-])C[C@@H]2CC(C(C)C)=C[C@@H]21. The van der Waals surface area contributed by atoms with Gasteiger partial charge in [-0.1, -0.05) is 25.5 Å². The number of carbonyl (C=O) groups excluding carboxylic acids is 1. The molecule has 0 spiro atoms. The van der Waals surface area contributed by atoms with E-state index >= 15 is 0 Å². The fraction of sp³-hybridized carbons (Fsp3) is 0.824. The smallest absolute Gasteiger partial charge is 0.303 e. The minimum Gasteiger partial charge on any atom is -0.460 e. The van der Waals surface area contributed by atoms with Crippen LogP contribution in [0.5, 0.6) is 0 Å². The molecule has 124 valence electrons. The Kier molecular flexibility index (Phi) is 4.37. The Morgan fingerprint density at radius 2 is 2.18 bits per heavy atom. The van der Waals surface area contributed by atoms with Gasteiger partial charge in [0.1, 0.15) is 5.60 Å². The molecule has 22 heavy (non-hydrogen) atoms. The third-order valence-electron chi connectivity index (χ3n) is 5.16. The molecule has 3 atom stereocenters. The lowest BCUT2D eigenvalue weighted by Crippen LogP contribution is -2.53. The monoisotopic (exact) mass is 309 g/mol. The van der Waals surface area contributed by atoms with Crippen molar-refractivity contribution < 1.29 is 14.5 Å². The summed E-state index contributed by atoms with van der Waals surface area (Å²) in [6, 6.07) is 0. The second kappa shape index (κ2) is 5.67. The predicted octanol–water partition coefficient (Wildman–Crippen LogP) is 3.60. The van der Waals surface area contributed by atoms with Crippen LogP contribution in [0.4, 0.5) is 0 Å². The molecule has 0 aromatic heterocycles. The Labute approximate surface area is 132 Å². The van der Waals surface area contributed by atoms with Crippen molar-refractivity contribution >= 4 is 5.97 Å². The van der Waals surface area contributed by atoms with Crippen LogP contribution in [0.1, 0.15) is 53.9 Å². The van der Waals surface area contributed by atoms with E-state index in [9.17, 15) is 14.9 Å². The third-order valence-corrected chi connectivity index (χ3v) is 5.16. The van der Waals surface area contributed by atoms with Crippen LogP contribution in [0.2, 0.25) is 0 Å². The molecule has 0 bridgehead atoms. The summed E-state index contributed by atoms with van der Waals surface area (Å²) in [5.74, 6) is 0.956. The van der Waals surface area contributed by atoms with Gasteiger partial charge in [-0.2, -0.15) is 0 Å². The molecule has 0 heterocycles. The molecule has 0 N–H and O–H groups in total. The Morgan fingerprint density at radius 1 is 1.55 bits per heavy atom. The van der Waals surface area contributed by atoms with E-state index in [-0.39, 0.29) is 28.8 Å². The zero-order valence-corrected chi connectivity index (χ0v) is 14.2. The third kappa shape index (κ3) is 3.33. The van der Waals surface area contributed by atoms with Gasteiger partial charge in [0.2, 0.25) is 6.54 Å². The molecule has 0 saturated heterocycles. The van der Waals surface area contributed by atoms with E-state index in [0.717, 1.165) is 12.8 Å². The number of nitrogens with zero attached hydrogens (tertiary/aromatic N) is 1. The second-order valence-electron chi connectivity index (χ2n) is 7.97. The molecule has 0 radical (unpaired) electrons. The summed E-state index contributed by atoms with van der Waals surface area (Å²) < 4.78 is 5.39. The lowest BCUT2D eigenvalue weighted by molar-refractivity contribution is -0.507. The first kappa shape index (κ1) is 17.0. The molecule has 0 aromatic carbocycles.